The third-order valence-electron chi connectivity index (χ3n) is 3.77. The van der Waals surface area contributed by atoms with Crippen LogP contribution < -0.4 is 10.2 Å². The van der Waals surface area contributed by atoms with Crippen LogP contribution in [0.5, 0.6) is 0 Å². The number of aliphatic hydroxyl groups excluding tert-OH is 1. The molecule has 0 radical (unpaired) electrons. The van der Waals surface area contributed by atoms with Gasteiger partial charge in [0.2, 0.25) is 5.91 Å². The lowest BCUT2D eigenvalue weighted by atomic mass is 10.2. The van der Waals surface area contributed by atoms with Crippen molar-refractivity contribution in [3.63, 3.8) is 0 Å². The first-order chi connectivity index (χ1) is 12.0. The highest BCUT2D eigenvalue weighted by molar-refractivity contribution is 5.81. The zero-order valence-corrected chi connectivity index (χ0v) is 14.1. The predicted octanol–water partition coefficient (Wildman–Crippen LogP) is 2.86. The highest BCUT2D eigenvalue weighted by Crippen LogP contribution is 2.14. The molecule has 0 bridgehead atoms. The first-order valence-electron chi connectivity index (χ1n) is 8.17. The zero-order valence-electron chi connectivity index (χ0n) is 14.1. The van der Waals surface area contributed by atoms with Crippen LogP contribution in [0.3, 0.4) is 0 Å². The maximum Gasteiger partial charge on any atom is 0.239 e. The molecule has 134 valence electrons. The summed E-state index contributed by atoms with van der Waals surface area (Å²) in [6.07, 6.45) is 0.0263. The van der Waals surface area contributed by atoms with Crippen molar-refractivity contribution < 1.29 is 18.7 Å². The largest absolute Gasteiger partial charge is 0.391 e. The van der Waals surface area contributed by atoms with Gasteiger partial charge in [-0.15, -0.1) is 0 Å². The number of para-hydroxylation sites is 1. The van der Waals surface area contributed by atoms with Crippen LogP contribution in [0.25, 0.3) is 0 Å². The van der Waals surface area contributed by atoms with Crippen LogP contribution in [0, 0.1) is 11.6 Å². The Labute approximate surface area is 146 Å². The molecule has 6 heteroatoms. The Hall–Kier alpha value is -2.47. The van der Waals surface area contributed by atoms with Crippen molar-refractivity contribution in [3.8, 4) is 0 Å². The van der Waals surface area contributed by atoms with E-state index in [0.29, 0.717) is 18.5 Å². The molecule has 2 N–H and O–H groups in total. The van der Waals surface area contributed by atoms with Gasteiger partial charge in [0.25, 0.3) is 0 Å². The van der Waals surface area contributed by atoms with Crippen molar-refractivity contribution in [1.29, 1.82) is 0 Å². The minimum Gasteiger partial charge on any atom is -0.391 e. The predicted molar refractivity (Wildman–Crippen MR) is 93.2 cm³/mol. The number of hydrogen-bond donors (Lipinski definition) is 2. The molecule has 2 aromatic rings. The van der Waals surface area contributed by atoms with Gasteiger partial charge in [0, 0.05) is 24.8 Å². The van der Waals surface area contributed by atoms with Crippen LogP contribution in [-0.4, -0.2) is 30.2 Å². The summed E-state index contributed by atoms with van der Waals surface area (Å²) in [5.74, 6) is -1.65. The topological polar surface area (TPSA) is 52.6 Å². The molecular formula is C19H22F2N2O2. The van der Waals surface area contributed by atoms with Crippen LogP contribution in [0.4, 0.5) is 14.5 Å². The average Bonchev–Trinajstić information content (AvgIpc) is 2.59. The summed E-state index contributed by atoms with van der Waals surface area (Å²) in [5.41, 5.74) is 1.17. The first-order valence-corrected chi connectivity index (χ1v) is 8.17. The Kier molecular flexibility index (Phi) is 6.89. The van der Waals surface area contributed by atoms with Gasteiger partial charge in [0.15, 0.2) is 0 Å². The van der Waals surface area contributed by atoms with Crippen molar-refractivity contribution in [1.82, 2.24) is 5.32 Å². The molecule has 2 aromatic carbocycles. The van der Waals surface area contributed by atoms with Crippen LogP contribution >= 0.6 is 0 Å². The van der Waals surface area contributed by atoms with Gasteiger partial charge in [0.1, 0.15) is 11.6 Å². The summed E-state index contributed by atoms with van der Waals surface area (Å²) < 4.78 is 26.4. The van der Waals surface area contributed by atoms with Gasteiger partial charge in [-0.3, -0.25) is 4.79 Å². The van der Waals surface area contributed by atoms with Gasteiger partial charge in [-0.1, -0.05) is 25.1 Å². The number of anilines is 1. The normalized spacial score (nSPS) is 11.8. The molecule has 0 aliphatic rings. The van der Waals surface area contributed by atoms with Crippen molar-refractivity contribution in [2.45, 2.75) is 26.0 Å². The van der Waals surface area contributed by atoms with Crippen molar-refractivity contribution in [2.24, 2.45) is 0 Å². The maximum atomic E-state index is 13.2. The lowest BCUT2D eigenvalue weighted by Gasteiger charge is -2.26. The fourth-order valence-electron chi connectivity index (χ4n) is 2.43. The maximum absolute atomic E-state index is 13.2. The van der Waals surface area contributed by atoms with E-state index in [1.165, 1.54) is 12.1 Å². The van der Waals surface area contributed by atoms with E-state index in [-0.39, 0.29) is 19.0 Å². The van der Waals surface area contributed by atoms with E-state index < -0.39 is 17.7 Å². The minimum atomic E-state index is -0.679. The van der Waals surface area contributed by atoms with E-state index in [4.69, 9.17) is 0 Å². The quantitative estimate of drug-likeness (QED) is 0.771. The molecule has 2 rings (SSSR count). The summed E-state index contributed by atoms with van der Waals surface area (Å²) >= 11 is 0. The molecule has 0 spiro atoms. The van der Waals surface area contributed by atoms with E-state index in [0.717, 1.165) is 11.8 Å². The average molecular weight is 348 g/mol. The smallest absolute Gasteiger partial charge is 0.239 e. The number of carbonyl (C=O) groups is 1. The van der Waals surface area contributed by atoms with Crippen molar-refractivity contribution >= 4 is 11.6 Å². The first kappa shape index (κ1) is 18.9. The zero-order chi connectivity index (χ0) is 18.2. The summed E-state index contributed by atoms with van der Waals surface area (Å²) in [6, 6.07) is 12.4. The molecule has 0 aliphatic heterocycles. The van der Waals surface area contributed by atoms with Crippen LogP contribution in [-0.2, 0) is 11.3 Å². The Bertz CT molecular complexity index is 675. The number of benzene rings is 2. The molecule has 25 heavy (non-hydrogen) atoms. The van der Waals surface area contributed by atoms with Crippen molar-refractivity contribution in [2.75, 3.05) is 18.0 Å². The minimum absolute atomic E-state index is 0.0342. The molecule has 0 saturated carbocycles. The number of hydrogen-bond acceptors (Lipinski definition) is 3. The van der Waals surface area contributed by atoms with Gasteiger partial charge >= 0.3 is 0 Å². The fraction of sp³-hybridized carbons (Fsp3) is 0.316. The highest BCUT2D eigenvalue weighted by Gasteiger charge is 2.15. The molecule has 1 atom stereocenters. The molecular weight excluding hydrogens is 326 g/mol. The number of amides is 1. The van der Waals surface area contributed by atoms with E-state index in [9.17, 15) is 18.7 Å². The lowest BCUT2D eigenvalue weighted by molar-refractivity contribution is -0.120. The number of aliphatic hydroxyl groups is 1. The molecule has 4 nitrogen and oxygen atoms in total. The number of carbonyl (C=O) groups excluding carboxylic acids is 1. The molecule has 0 aromatic heterocycles. The Morgan fingerprint density at radius 2 is 1.80 bits per heavy atom. The van der Waals surface area contributed by atoms with Crippen LogP contribution in [0.1, 0.15) is 18.9 Å². The summed E-state index contributed by atoms with van der Waals surface area (Å²) in [7, 11) is 0. The number of nitrogens with one attached hydrogen (secondary N) is 1. The summed E-state index contributed by atoms with van der Waals surface area (Å²) in [5, 5.41) is 12.6. The monoisotopic (exact) mass is 348 g/mol. The number of nitrogens with zero attached hydrogens (tertiary/aromatic N) is 1. The highest BCUT2D eigenvalue weighted by atomic mass is 19.1. The van der Waals surface area contributed by atoms with E-state index in [1.54, 1.807) is 4.90 Å². The molecule has 0 fully saturated rings. The third-order valence-corrected chi connectivity index (χ3v) is 3.77. The van der Waals surface area contributed by atoms with E-state index in [2.05, 4.69) is 5.32 Å². The fourth-order valence-corrected chi connectivity index (χ4v) is 2.43. The van der Waals surface area contributed by atoms with E-state index >= 15 is 0 Å². The van der Waals surface area contributed by atoms with Crippen LogP contribution in [0.2, 0.25) is 0 Å². The van der Waals surface area contributed by atoms with Crippen molar-refractivity contribution in [3.05, 3.63) is 65.7 Å². The van der Waals surface area contributed by atoms with Gasteiger partial charge in [-0.25, -0.2) is 8.78 Å². The molecule has 1 amide bonds. The standard InChI is InChI=1S/C19H22F2N2O2/c1-2-18(24)12-23(17-6-4-3-5-7-17)13-19(25)22-11-14-8-15(20)10-16(21)9-14/h3-10,18,24H,2,11-13H2,1H3,(H,22,25). The molecule has 1 unspecified atom stereocenters. The Balaban J connectivity index is 1.98. The summed E-state index contributed by atoms with van der Waals surface area (Å²) in [4.78, 5) is 14.0. The van der Waals surface area contributed by atoms with Gasteiger partial charge in [-0.2, -0.15) is 0 Å². The van der Waals surface area contributed by atoms with E-state index in [1.807, 2.05) is 37.3 Å². The van der Waals surface area contributed by atoms with Gasteiger partial charge in [0.05, 0.1) is 12.6 Å². The second-order valence-electron chi connectivity index (χ2n) is 5.83. The van der Waals surface area contributed by atoms with Gasteiger partial charge < -0.3 is 15.3 Å². The second kappa shape index (κ2) is 9.13. The Morgan fingerprint density at radius 1 is 1.16 bits per heavy atom. The molecule has 0 saturated heterocycles. The Morgan fingerprint density at radius 3 is 2.40 bits per heavy atom. The number of halogens is 2. The summed E-state index contributed by atoms with van der Waals surface area (Å²) in [6.45, 7) is 2.26. The number of rotatable bonds is 8. The SMILES string of the molecule is CCC(O)CN(CC(=O)NCc1cc(F)cc(F)c1)c1ccccc1. The molecule has 0 aliphatic carbocycles. The lowest BCUT2D eigenvalue weighted by Crippen LogP contribution is -2.40. The van der Waals surface area contributed by atoms with Gasteiger partial charge in [-0.05, 0) is 36.2 Å². The molecule has 0 heterocycles. The third kappa shape index (κ3) is 6.15. The second-order valence-corrected chi connectivity index (χ2v) is 5.83. The van der Waals surface area contributed by atoms with Crippen LogP contribution in [0.15, 0.2) is 48.5 Å².